The number of nitrogens with one attached hydrogen (secondary N) is 1. The van der Waals surface area contributed by atoms with Gasteiger partial charge in [0.05, 0.1) is 9.82 Å². The van der Waals surface area contributed by atoms with Crippen LogP contribution in [0.1, 0.15) is 12.0 Å². The van der Waals surface area contributed by atoms with E-state index in [9.17, 15) is 22.7 Å². The first kappa shape index (κ1) is 17.5. The molecule has 3 N–H and O–H groups in total. The highest BCUT2D eigenvalue weighted by molar-refractivity contribution is 7.89. The predicted octanol–water partition coefficient (Wildman–Crippen LogP) is 0.532. The van der Waals surface area contributed by atoms with Crippen LogP contribution in [0, 0.1) is 17.0 Å². The number of sulfonamides is 1. The zero-order valence-electron chi connectivity index (χ0n) is 11.7. The Morgan fingerprint density at radius 1 is 1.43 bits per heavy atom. The van der Waals surface area contributed by atoms with E-state index in [1.54, 1.807) is 0 Å². The Morgan fingerprint density at radius 2 is 2.05 bits per heavy atom. The normalized spacial score (nSPS) is 13.0. The maximum atomic E-state index is 12.1. The summed E-state index contributed by atoms with van der Waals surface area (Å²) in [5.74, 6) is 0.378. The van der Waals surface area contributed by atoms with Crippen LogP contribution in [0.4, 0.5) is 11.4 Å². The molecule has 0 amide bonds. The number of nitrogens with two attached hydrogens (primary N) is 1. The Bertz CT molecular complexity index is 673. The summed E-state index contributed by atoms with van der Waals surface area (Å²) in [7, 11) is -4.87. The van der Waals surface area contributed by atoms with E-state index in [-0.39, 0.29) is 17.1 Å². The number of aryl methyl sites for hydroxylation is 1. The van der Waals surface area contributed by atoms with E-state index in [1.807, 2.05) is 0 Å². The Labute approximate surface area is 125 Å². The van der Waals surface area contributed by atoms with Crippen LogP contribution in [0.2, 0.25) is 0 Å². The molecule has 10 heteroatoms. The van der Waals surface area contributed by atoms with Crippen LogP contribution in [-0.2, 0) is 20.8 Å². The third kappa shape index (κ3) is 4.76. The minimum absolute atomic E-state index is 0.0853. The molecule has 0 saturated heterocycles. The molecule has 1 rings (SSSR count). The van der Waals surface area contributed by atoms with Crippen LogP contribution in [-0.4, -0.2) is 36.1 Å². The van der Waals surface area contributed by atoms with E-state index in [2.05, 4.69) is 4.72 Å². The van der Waals surface area contributed by atoms with Crippen LogP contribution >= 0.6 is 0 Å². The second-order valence-corrected chi connectivity index (χ2v) is 7.75. The minimum atomic E-state index is -3.87. The van der Waals surface area contributed by atoms with Gasteiger partial charge in [-0.1, -0.05) is 0 Å². The standard InChI is InChI=1S/C11H17N3O5S2/c1-8-6-9(12)10(14(15)16)7-11(8)21(18,19)13-4-3-5-20(2)17/h6-7,13H,3-5,12H2,1-2H3. The lowest BCUT2D eigenvalue weighted by atomic mass is 10.2. The molecule has 0 bridgehead atoms. The first-order valence-corrected chi connectivity index (χ1v) is 9.20. The molecular formula is C11H17N3O5S2. The van der Waals surface area contributed by atoms with Crippen LogP contribution in [0.15, 0.2) is 17.0 Å². The molecule has 1 atom stereocenters. The van der Waals surface area contributed by atoms with Gasteiger partial charge in [0.25, 0.3) is 5.69 Å². The molecule has 0 aliphatic carbocycles. The van der Waals surface area contributed by atoms with Crippen molar-refractivity contribution in [2.75, 3.05) is 24.3 Å². The van der Waals surface area contributed by atoms with Crippen molar-refractivity contribution in [2.45, 2.75) is 18.2 Å². The molecule has 0 aliphatic heterocycles. The lowest BCUT2D eigenvalue weighted by Gasteiger charge is -2.10. The summed E-state index contributed by atoms with van der Waals surface area (Å²) in [6.07, 6.45) is 1.94. The number of rotatable bonds is 7. The summed E-state index contributed by atoms with van der Waals surface area (Å²) < 4.78 is 37.5. The summed E-state index contributed by atoms with van der Waals surface area (Å²) in [6.45, 7) is 1.62. The fourth-order valence-corrected chi connectivity index (χ4v) is 3.58. The van der Waals surface area contributed by atoms with Gasteiger partial charge in [-0.05, 0) is 25.0 Å². The highest BCUT2D eigenvalue weighted by Gasteiger charge is 2.22. The van der Waals surface area contributed by atoms with Crippen molar-refractivity contribution in [1.29, 1.82) is 0 Å². The van der Waals surface area contributed by atoms with Gasteiger partial charge in [0.15, 0.2) is 0 Å². The maximum absolute atomic E-state index is 12.1. The first-order chi connectivity index (χ1) is 9.65. The quantitative estimate of drug-likeness (QED) is 0.323. The van der Waals surface area contributed by atoms with E-state index in [4.69, 9.17) is 5.73 Å². The van der Waals surface area contributed by atoms with Gasteiger partial charge in [0, 0.05) is 35.4 Å². The Morgan fingerprint density at radius 3 is 2.57 bits per heavy atom. The smallest absolute Gasteiger partial charge is 0.293 e. The van der Waals surface area contributed by atoms with Crippen molar-refractivity contribution in [3.05, 3.63) is 27.8 Å². The number of hydrogen-bond acceptors (Lipinski definition) is 6. The van der Waals surface area contributed by atoms with Crippen molar-refractivity contribution in [1.82, 2.24) is 4.72 Å². The Hall–Kier alpha value is -1.52. The van der Waals surface area contributed by atoms with Gasteiger partial charge in [-0.3, -0.25) is 14.3 Å². The SMILES string of the molecule is Cc1cc(N)c([N+](=O)[O-])cc1S(=O)(=O)NCCCS(C)=O. The second kappa shape index (κ2) is 6.96. The number of nitro benzene ring substituents is 1. The number of benzene rings is 1. The average molecular weight is 335 g/mol. The Kier molecular flexibility index (Phi) is 5.81. The molecule has 1 aromatic rings. The van der Waals surface area contributed by atoms with E-state index in [0.717, 1.165) is 6.07 Å². The number of hydrogen-bond donors (Lipinski definition) is 2. The highest BCUT2D eigenvalue weighted by Crippen LogP contribution is 2.28. The van der Waals surface area contributed by atoms with Gasteiger partial charge in [0.2, 0.25) is 10.0 Å². The molecule has 8 nitrogen and oxygen atoms in total. The second-order valence-electron chi connectivity index (χ2n) is 4.46. The van der Waals surface area contributed by atoms with Gasteiger partial charge < -0.3 is 5.73 Å². The zero-order valence-corrected chi connectivity index (χ0v) is 13.3. The molecule has 1 unspecified atom stereocenters. The molecule has 0 spiro atoms. The number of nitrogen functional groups attached to an aromatic ring is 1. The molecule has 0 fully saturated rings. The fraction of sp³-hybridized carbons (Fsp3) is 0.455. The number of nitrogens with zero attached hydrogens (tertiary/aromatic N) is 1. The van der Waals surface area contributed by atoms with E-state index in [1.165, 1.54) is 19.2 Å². The molecular weight excluding hydrogens is 318 g/mol. The topological polar surface area (TPSA) is 132 Å². The lowest BCUT2D eigenvalue weighted by molar-refractivity contribution is -0.384. The van der Waals surface area contributed by atoms with Crippen molar-refractivity contribution in [2.24, 2.45) is 0 Å². The van der Waals surface area contributed by atoms with Crippen molar-refractivity contribution < 1.29 is 17.6 Å². The number of nitro groups is 1. The first-order valence-electron chi connectivity index (χ1n) is 5.99. The molecule has 0 saturated carbocycles. The lowest BCUT2D eigenvalue weighted by Crippen LogP contribution is -2.26. The summed E-state index contributed by atoms with van der Waals surface area (Å²) in [5.41, 5.74) is 5.29. The molecule has 0 aromatic heterocycles. The third-order valence-electron chi connectivity index (χ3n) is 2.71. The van der Waals surface area contributed by atoms with Crippen LogP contribution in [0.25, 0.3) is 0 Å². The monoisotopic (exact) mass is 335 g/mol. The van der Waals surface area contributed by atoms with Crippen LogP contribution < -0.4 is 10.5 Å². The third-order valence-corrected chi connectivity index (χ3v) is 5.18. The van der Waals surface area contributed by atoms with Crippen LogP contribution in [0.5, 0.6) is 0 Å². The summed E-state index contributed by atoms with van der Waals surface area (Å²) in [6, 6.07) is 2.21. The van der Waals surface area contributed by atoms with Crippen molar-refractivity contribution in [3.63, 3.8) is 0 Å². The van der Waals surface area contributed by atoms with Crippen molar-refractivity contribution >= 4 is 32.2 Å². The molecule has 118 valence electrons. The zero-order chi connectivity index (χ0) is 16.2. The molecule has 0 aliphatic rings. The van der Waals surface area contributed by atoms with Gasteiger partial charge in [0.1, 0.15) is 5.69 Å². The van der Waals surface area contributed by atoms with E-state index < -0.39 is 31.4 Å². The fourth-order valence-electron chi connectivity index (χ4n) is 1.71. The average Bonchev–Trinajstić information content (AvgIpc) is 2.33. The largest absolute Gasteiger partial charge is 0.393 e. The van der Waals surface area contributed by atoms with E-state index in [0.29, 0.717) is 17.7 Å². The highest BCUT2D eigenvalue weighted by atomic mass is 32.2. The molecule has 0 radical (unpaired) electrons. The van der Waals surface area contributed by atoms with Gasteiger partial charge in [-0.2, -0.15) is 0 Å². The predicted molar refractivity (Wildman–Crippen MR) is 81.0 cm³/mol. The van der Waals surface area contributed by atoms with Crippen molar-refractivity contribution in [3.8, 4) is 0 Å². The van der Waals surface area contributed by atoms with E-state index >= 15 is 0 Å². The summed E-state index contributed by atoms with van der Waals surface area (Å²) in [5, 5.41) is 10.8. The van der Waals surface area contributed by atoms with Gasteiger partial charge >= 0.3 is 0 Å². The van der Waals surface area contributed by atoms with Crippen LogP contribution in [0.3, 0.4) is 0 Å². The summed E-state index contributed by atoms with van der Waals surface area (Å²) in [4.78, 5) is 9.92. The summed E-state index contributed by atoms with van der Waals surface area (Å²) >= 11 is 0. The molecule has 1 aromatic carbocycles. The molecule has 21 heavy (non-hydrogen) atoms. The van der Waals surface area contributed by atoms with Gasteiger partial charge in [-0.15, -0.1) is 0 Å². The Balaban J connectivity index is 3.00. The maximum Gasteiger partial charge on any atom is 0.293 e. The van der Waals surface area contributed by atoms with Gasteiger partial charge in [-0.25, -0.2) is 13.1 Å². The number of anilines is 1. The minimum Gasteiger partial charge on any atom is -0.393 e. The molecule has 0 heterocycles.